The summed E-state index contributed by atoms with van der Waals surface area (Å²) in [6.07, 6.45) is 0. The molecule has 0 bridgehead atoms. The van der Waals surface area contributed by atoms with Crippen LogP contribution < -0.4 is 15.4 Å². The topological polar surface area (TPSA) is 87.7 Å². The second-order valence-electron chi connectivity index (χ2n) is 7.53. The predicted octanol–water partition coefficient (Wildman–Crippen LogP) is 2.59. The molecule has 1 rings (SSSR count). The van der Waals surface area contributed by atoms with Crippen LogP contribution in [0.25, 0.3) is 0 Å². The standard InChI is InChI=1S/C21H30N2O4/c1-14(2)15(3)23-20(4,5)19(25)22-12-13-27-17-10-8-16(9-11-17)18(24)21(6,7)26/h8-11,23,26H,1,3,12-13H2,2,4-7H3,(H,22,25). The minimum Gasteiger partial charge on any atom is -0.492 e. The third kappa shape index (κ3) is 6.90. The molecule has 1 aromatic rings. The Morgan fingerprint density at radius 1 is 1.11 bits per heavy atom. The first-order valence-electron chi connectivity index (χ1n) is 8.76. The summed E-state index contributed by atoms with van der Waals surface area (Å²) in [4.78, 5) is 24.3. The van der Waals surface area contributed by atoms with Crippen LogP contribution in [0.3, 0.4) is 0 Å². The van der Waals surface area contributed by atoms with Gasteiger partial charge in [0.25, 0.3) is 0 Å². The second-order valence-corrected chi connectivity index (χ2v) is 7.53. The van der Waals surface area contributed by atoms with Crippen LogP contribution in [0.1, 0.15) is 45.0 Å². The van der Waals surface area contributed by atoms with Gasteiger partial charge in [0.15, 0.2) is 5.78 Å². The van der Waals surface area contributed by atoms with Crippen molar-refractivity contribution in [3.8, 4) is 5.75 Å². The Labute approximate surface area is 161 Å². The maximum absolute atomic E-state index is 12.3. The molecule has 0 saturated heterocycles. The predicted molar refractivity (Wildman–Crippen MR) is 107 cm³/mol. The van der Waals surface area contributed by atoms with Crippen molar-refractivity contribution < 1.29 is 19.4 Å². The molecule has 0 saturated carbocycles. The molecule has 3 N–H and O–H groups in total. The van der Waals surface area contributed by atoms with Gasteiger partial charge in [-0.1, -0.05) is 13.2 Å². The van der Waals surface area contributed by atoms with Gasteiger partial charge in [0.2, 0.25) is 5.91 Å². The molecule has 6 nitrogen and oxygen atoms in total. The summed E-state index contributed by atoms with van der Waals surface area (Å²) in [5.74, 6) is 0.0385. The summed E-state index contributed by atoms with van der Waals surface area (Å²) in [5, 5.41) is 15.6. The van der Waals surface area contributed by atoms with E-state index in [1.165, 1.54) is 13.8 Å². The summed E-state index contributed by atoms with van der Waals surface area (Å²) in [6.45, 7) is 16.5. The molecule has 0 aliphatic rings. The van der Waals surface area contributed by atoms with Crippen LogP contribution in [0.4, 0.5) is 0 Å². The molecule has 0 spiro atoms. The first-order valence-corrected chi connectivity index (χ1v) is 8.76. The minimum absolute atomic E-state index is 0.181. The molecular weight excluding hydrogens is 344 g/mol. The van der Waals surface area contributed by atoms with E-state index in [-0.39, 0.29) is 18.3 Å². The number of allylic oxidation sites excluding steroid dienone is 1. The van der Waals surface area contributed by atoms with Crippen LogP contribution in [-0.4, -0.2) is 41.1 Å². The normalized spacial score (nSPS) is 11.5. The average Bonchev–Trinajstić information content (AvgIpc) is 2.57. The summed E-state index contributed by atoms with van der Waals surface area (Å²) >= 11 is 0. The highest BCUT2D eigenvalue weighted by Crippen LogP contribution is 2.17. The van der Waals surface area contributed by atoms with Crippen LogP contribution in [-0.2, 0) is 4.79 Å². The maximum atomic E-state index is 12.3. The Hall–Kier alpha value is -2.60. The molecule has 0 aliphatic heterocycles. The molecule has 6 heteroatoms. The van der Waals surface area contributed by atoms with E-state index in [0.29, 0.717) is 23.6 Å². The highest BCUT2D eigenvalue weighted by atomic mass is 16.5. The highest BCUT2D eigenvalue weighted by molar-refractivity contribution is 6.01. The van der Waals surface area contributed by atoms with Gasteiger partial charge in [0.05, 0.1) is 6.54 Å². The van der Waals surface area contributed by atoms with Crippen molar-refractivity contribution >= 4 is 11.7 Å². The molecule has 0 fully saturated rings. The fourth-order valence-corrected chi connectivity index (χ4v) is 2.15. The summed E-state index contributed by atoms with van der Waals surface area (Å²) in [6, 6.07) is 6.52. The lowest BCUT2D eigenvalue weighted by atomic mass is 9.97. The lowest BCUT2D eigenvalue weighted by Crippen LogP contribution is -2.52. The van der Waals surface area contributed by atoms with Crippen LogP contribution in [0.5, 0.6) is 5.75 Å². The Bertz CT molecular complexity index is 713. The van der Waals surface area contributed by atoms with Gasteiger partial charge in [0.1, 0.15) is 23.5 Å². The second kappa shape index (κ2) is 8.86. The zero-order valence-corrected chi connectivity index (χ0v) is 16.8. The van der Waals surface area contributed by atoms with Gasteiger partial charge in [-0.05, 0) is 64.5 Å². The van der Waals surface area contributed by atoms with Crippen LogP contribution >= 0.6 is 0 Å². The van der Waals surface area contributed by atoms with Crippen LogP contribution in [0.2, 0.25) is 0 Å². The van der Waals surface area contributed by atoms with E-state index >= 15 is 0 Å². The SMILES string of the molecule is C=C(C)C(=C)NC(C)(C)C(=O)NCCOc1ccc(C(=O)C(C)(C)O)cc1. The first kappa shape index (κ1) is 22.4. The van der Waals surface area contributed by atoms with E-state index in [4.69, 9.17) is 4.74 Å². The number of hydrogen-bond acceptors (Lipinski definition) is 5. The van der Waals surface area contributed by atoms with Gasteiger partial charge in [-0.2, -0.15) is 0 Å². The Kier molecular flexibility index (Phi) is 7.37. The van der Waals surface area contributed by atoms with Crippen molar-refractivity contribution in [1.82, 2.24) is 10.6 Å². The van der Waals surface area contributed by atoms with E-state index < -0.39 is 11.1 Å². The van der Waals surface area contributed by atoms with E-state index in [1.54, 1.807) is 38.1 Å². The quantitative estimate of drug-likeness (QED) is 0.333. The summed E-state index contributed by atoms with van der Waals surface area (Å²) in [5.41, 5.74) is -0.440. The monoisotopic (exact) mass is 374 g/mol. The Morgan fingerprint density at radius 3 is 2.15 bits per heavy atom. The molecule has 0 heterocycles. The maximum Gasteiger partial charge on any atom is 0.245 e. The smallest absolute Gasteiger partial charge is 0.245 e. The summed E-state index contributed by atoms with van der Waals surface area (Å²) < 4.78 is 5.57. The van der Waals surface area contributed by atoms with Crippen molar-refractivity contribution in [1.29, 1.82) is 0 Å². The fraction of sp³-hybridized carbons (Fsp3) is 0.429. The summed E-state index contributed by atoms with van der Waals surface area (Å²) in [7, 11) is 0. The molecule has 148 valence electrons. The fourth-order valence-electron chi connectivity index (χ4n) is 2.15. The van der Waals surface area contributed by atoms with Gasteiger partial charge in [-0.15, -0.1) is 0 Å². The number of carbonyl (C=O) groups is 2. The van der Waals surface area contributed by atoms with Crippen molar-refractivity contribution in [3.05, 3.63) is 54.3 Å². The zero-order chi connectivity index (χ0) is 20.8. The highest BCUT2D eigenvalue weighted by Gasteiger charge is 2.27. The molecule has 0 radical (unpaired) electrons. The number of hydrogen-bond donors (Lipinski definition) is 3. The van der Waals surface area contributed by atoms with E-state index in [1.807, 2.05) is 6.92 Å². The molecule has 27 heavy (non-hydrogen) atoms. The number of benzene rings is 1. The van der Waals surface area contributed by atoms with Gasteiger partial charge in [-0.25, -0.2) is 0 Å². The van der Waals surface area contributed by atoms with E-state index in [9.17, 15) is 14.7 Å². The van der Waals surface area contributed by atoms with Gasteiger partial charge < -0.3 is 20.5 Å². The number of aliphatic hydroxyl groups is 1. The third-order valence-corrected chi connectivity index (χ3v) is 3.87. The number of ether oxygens (including phenoxy) is 1. The molecule has 0 atom stereocenters. The van der Waals surface area contributed by atoms with Crippen molar-refractivity contribution in [2.45, 2.75) is 45.8 Å². The van der Waals surface area contributed by atoms with E-state index in [0.717, 1.165) is 5.57 Å². The van der Waals surface area contributed by atoms with Crippen molar-refractivity contribution in [2.75, 3.05) is 13.2 Å². The number of Topliss-reactive ketones (excluding diaryl/α,β-unsaturated/α-hetero) is 1. The number of nitrogens with one attached hydrogen (secondary N) is 2. The van der Waals surface area contributed by atoms with Gasteiger partial charge >= 0.3 is 0 Å². The van der Waals surface area contributed by atoms with Crippen molar-refractivity contribution in [2.24, 2.45) is 0 Å². The molecule has 1 aromatic carbocycles. The minimum atomic E-state index is -1.41. The largest absolute Gasteiger partial charge is 0.492 e. The molecule has 0 aromatic heterocycles. The third-order valence-electron chi connectivity index (χ3n) is 3.87. The Balaban J connectivity index is 2.48. The lowest BCUT2D eigenvalue weighted by molar-refractivity contribution is -0.126. The number of amides is 1. The number of carbonyl (C=O) groups excluding carboxylic acids is 2. The average molecular weight is 374 g/mol. The Morgan fingerprint density at radius 2 is 1.67 bits per heavy atom. The molecule has 0 aliphatic carbocycles. The van der Waals surface area contributed by atoms with Crippen molar-refractivity contribution in [3.63, 3.8) is 0 Å². The zero-order valence-electron chi connectivity index (χ0n) is 16.8. The van der Waals surface area contributed by atoms with Gasteiger partial charge in [0, 0.05) is 11.3 Å². The first-order chi connectivity index (χ1) is 12.3. The molecular formula is C21H30N2O4. The van der Waals surface area contributed by atoms with E-state index in [2.05, 4.69) is 23.8 Å². The molecule has 0 unspecified atom stereocenters. The number of rotatable bonds is 10. The lowest BCUT2D eigenvalue weighted by Gasteiger charge is -2.27. The van der Waals surface area contributed by atoms with Crippen LogP contribution in [0, 0.1) is 0 Å². The van der Waals surface area contributed by atoms with Crippen LogP contribution in [0.15, 0.2) is 48.7 Å². The molecule has 1 amide bonds. The van der Waals surface area contributed by atoms with Gasteiger partial charge in [-0.3, -0.25) is 9.59 Å². The number of ketones is 1.